The number of hydrogen-bond donors (Lipinski definition) is 1. The minimum Gasteiger partial charge on any atom is -0.449 e. The van der Waals surface area contributed by atoms with Gasteiger partial charge in [-0.25, -0.2) is 9.69 Å². The average Bonchev–Trinajstić information content (AvgIpc) is 3.09. The maximum Gasteiger partial charge on any atom is 0.421 e. The molecule has 5 nitrogen and oxygen atoms in total. The number of rotatable bonds is 3. The molecule has 1 aliphatic carbocycles. The fourth-order valence-electron chi connectivity index (χ4n) is 5.09. The molecule has 0 saturated carbocycles. The standard InChI is InChI=1S/C27H23NO4/c1-2-32-26(31)28-23-15-9-8-14-21(23)27(25(28)30,19-11-4-3-5-12-19)22-17-16-18-10-6-7-13-20(18)24(22)29/h3-17,22,24,29H,2H2,1H3. The van der Waals surface area contributed by atoms with Gasteiger partial charge in [-0.1, -0.05) is 84.9 Å². The quantitative estimate of drug-likeness (QED) is 0.651. The van der Waals surface area contributed by atoms with Crippen LogP contribution in [-0.4, -0.2) is 23.7 Å². The molecule has 0 fully saturated rings. The summed E-state index contributed by atoms with van der Waals surface area (Å²) in [5, 5.41) is 11.5. The largest absolute Gasteiger partial charge is 0.449 e. The Hall–Kier alpha value is -3.70. The molecule has 0 aromatic heterocycles. The molecule has 2 amide bonds. The van der Waals surface area contributed by atoms with E-state index in [1.807, 2.05) is 78.9 Å². The normalized spacial score (nSPS) is 23.6. The van der Waals surface area contributed by atoms with Crippen LogP contribution in [0.4, 0.5) is 10.5 Å². The Morgan fingerprint density at radius 3 is 2.47 bits per heavy atom. The molecule has 1 N–H and O–H groups in total. The molecule has 0 saturated heterocycles. The molecule has 3 aromatic rings. The molecule has 0 radical (unpaired) electrons. The van der Waals surface area contributed by atoms with Crippen molar-refractivity contribution < 1.29 is 19.4 Å². The average molecular weight is 425 g/mol. The number of aliphatic hydroxyl groups excluding tert-OH is 1. The van der Waals surface area contributed by atoms with Gasteiger partial charge in [0.1, 0.15) is 5.41 Å². The van der Waals surface area contributed by atoms with Gasteiger partial charge >= 0.3 is 6.09 Å². The number of imide groups is 1. The van der Waals surface area contributed by atoms with Crippen LogP contribution in [0.25, 0.3) is 6.08 Å². The van der Waals surface area contributed by atoms with Crippen molar-refractivity contribution in [2.75, 3.05) is 11.5 Å². The first-order chi connectivity index (χ1) is 15.6. The van der Waals surface area contributed by atoms with Gasteiger partial charge < -0.3 is 9.84 Å². The third-order valence-electron chi connectivity index (χ3n) is 6.43. The summed E-state index contributed by atoms with van der Waals surface area (Å²) in [5.41, 5.74) is 2.28. The van der Waals surface area contributed by atoms with Gasteiger partial charge in [-0.3, -0.25) is 4.79 Å². The van der Waals surface area contributed by atoms with E-state index in [0.717, 1.165) is 21.6 Å². The van der Waals surface area contributed by atoms with Crippen LogP contribution in [0.3, 0.4) is 0 Å². The van der Waals surface area contributed by atoms with Crippen LogP contribution in [0, 0.1) is 5.92 Å². The molecule has 0 bridgehead atoms. The van der Waals surface area contributed by atoms with Crippen LogP contribution in [-0.2, 0) is 14.9 Å². The molecule has 160 valence electrons. The molecule has 3 aromatic carbocycles. The van der Waals surface area contributed by atoms with E-state index in [1.165, 1.54) is 0 Å². The number of amides is 2. The van der Waals surface area contributed by atoms with Crippen LogP contribution in [0.5, 0.6) is 0 Å². The monoisotopic (exact) mass is 425 g/mol. The van der Waals surface area contributed by atoms with Gasteiger partial charge in [0, 0.05) is 5.92 Å². The highest BCUT2D eigenvalue weighted by atomic mass is 16.6. The van der Waals surface area contributed by atoms with Crippen LogP contribution in [0.1, 0.15) is 35.3 Å². The van der Waals surface area contributed by atoms with E-state index in [0.29, 0.717) is 11.3 Å². The molecule has 3 atom stereocenters. The number of fused-ring (bicyclic) bond motifs is 2. The maximum atomic E-state index is 14.2. The predicted molar refractivity (Wildman–Crippen MR) is 122 cm³/mol. The van der Waals surface area contributed by atoms with Crippen molar-refractivity contribution >= 4 is 23.8 Å². The summed E-state index contributed by atoms with van der Waals surface area (Å²) in [6.07, 6.45) is 2.19. The first-order valence-corrected chi connectivity index (χ1v) is 10.7. The van der Waals surface area contributed by atoms with E-state index in [-0.39, 0.29) is 6.61 Å². The zero-order valence-corrected chi connectivity index (χ0v) is 17.6. The first kappa shape index (κ1) is 20.2. The van der Waals surface area contributed by atoms with E-state index in [1.54, 1.807) is 19.1 Å². The topological polar surface area (TPSA) is 66.8 Å². The minimum atomic E-state index is -1.28. The maximum absolute atomic E-state index is 14.2. The van der Waals surface area contributed by atoms with E-state index in [4.69, 9.17) is 4.74 Å². The molecule has 5 heteroatoms. The van der Waals surface area contributed by atoms with E-state index >= 15 is 0 Å². The lowest BCUT2D eigenvalue weighted by molar-refractivity contribution is -0.124. The van der Waals surface area contributed by atoms with Crippen LogP contribution in [0.2, 0.25) is 0 Å². The molecule has 32 heavy (non-hydrogen) atoms. The number of carbonyl (C=O) groups is 2. The summed E-state index contributed by atoms with van der Waals surface area (Å²) < 4.78 is 5.24. The van der Waals surface area contributed by atoms with Crippen molar-refractivity contribution in [2.24, 2.45) is 5.92 Å². The SMILES string of the molecule is CCOC(=O)N1C(=O)C(c2ccccc2)(C2C=Cc3ccccc3C2O)c2ccccc21. The Balaban J connectivity index is 1.78. The zero-order chi connectivity index (χ0) is 22.3. The summed E-state index contributed by atoms with van der Waals surface area (Å²) >= 11 is 0. The molecule has 5 rings (SSSR count). The molecular weight excluding hydrogens is 402 g/mol. The van der Waals surface area contributed by atoms with Crippen LogP contribution in [0.15, 0.2) is 84.9 Å². The summed E-state index contributed by atoms with van der Waals surface area (Å²) in [6.45, 7) is 1.86. The van der Waals surface area contributed by atoms with Crippen molar-refractivity contribution in [1.29, 1.82) is 0 Å². The highest BCUT2D eigenvalue weighted by molar-refractivity contribution is 6.22. The van der Waals surface area contributed by atoms with Gasteiger partial charge in [0.2, 0.25) is 0 Å². The molecule has 3 unspecified atom stereocenters. The molecule has 1 heterocycles. The highest BCUT2D eigenvalue weighted by Gasteiger charge is 2.60. The zero-order valence-electron chi connectivity index (χ0n) is 17.6. The fraction of sp³-hybridized carbons (Fsp3) is 0.185. The van der Waals surface area contributed by atoms with Gasteiger partial charge in [0.15, 0.2) is 0 Å². The Morgan fingerprint density at radius 2 is 1.69 bits per heavy atom. The lowest BCUT2D eigenvalue weighted by Crippen LogP contribution is -2.50. The highest BCUT2D eigenvalue weighted by Crippen LogP contribution is 2.55. The summed E-state index contributed by atoms with van der Waals surface area (Å²) in [6, 6.07) is 24.3. The molecule has 1 aliphatic heterocycles. The second-order valence-electron chi connectivity index (χ2n) is 7.99. The summed E-state index contributed by atoms with van der Waals surface area (Å²) in [4.78, 5) is 28.3. The van der Waals surface area contributed by atoms with Gasteiger partial charge in [-0.2, -0.15) is 0 Å². The number of ether oxygens (including phenoxy) is 1. The van der Waals surface area contributed by atoms with Crippen molar-refractivity contribution in [2.45, 2.75) is 18.4 Å². The Morgan fingerprint density at radius 1 is 1.00 bits per heavy atom. The Kier molecular flexibility index (Phi) is 4.91. The van der Waals surface area contributed by atoms with E-state index < -0.39 is 29.4 Å². The van der Waals surface area contributed by atoms with Crippen molar-refractivity contribution in [3.63, 3.8) is 0 Å². The van der Waals surface area contributed by atoms with Crippen molar-refractivity contribution in [3.8, 4) is 0 Å². The van der Waals surface area contributed by atoms with Crippen LogP contribution >= 0.6 is 0 Å². The lowest BCUT2D eigenvalue weighted by Gasteiger charge is -2.40. The van der Waals surface area contributed by atoms with Crippen molar-refractivity contribution in [3.05, 3.63) is 107 Å². The van der Waals surface area contributed by atoms with Gasteiger partial charge in [-0.15, -0.1) is 0 Å². The second-order valence-corrected chi connectivity index (χ2v) is 7.99. The van der Waals surface area contributed by atoms with E-state index in [2.05, 4.69) is 0 Å². The van der Waals surface area contributed by atoms with Gasteiger partial charge in [0.05, 0.1) is 18.4 Å². The van der Waals surface area contributed by atoms with Gasteiger partial charge in [0.25, 0.3) is 5.91 Å². The second kappa shape index (κ2) is 7.77. The smallest absolute Gasteiger partial charge is 0.421 e. The van der Waals surface area contributed by atoms with Crippen LogP contribution < -0.4 is 4.90 Å². The molecular formula is C27H23NO4. The summed E-state index contributed by atoms with van der Waals surface area (Å²) in [7, 11) is 0. The Bertz CT molecular complexity index is 1220. The number of nitrogens with zero attached hydrogens (tertiary/aromatic N) is 1. The third kappa shape index (κ3) is 2.75. The minimum absolute atomic E-state index is 0.155. The number of carbonyl (C=O) groups excluding carboxylic acids is 2. The number of anilines is 1. The Labute approximate surface area is 186 Å². The number of aliphatic hydroxyl groups is 1. The van der Waals surface area contributed by atoms with E-state index in [9.17, 15) is 14.7 Å². The predicted octanol–water partition coefficient (Wildman–Crippen LogP) is 4.85. The number of hydrogen-bond acceptors (Lipinski definition) is 4. The fourth-order valence-corrected chi connectivity index (χ4v) is 5.09. The third-order valence-corrected chi connectivity index (χ3v) is 6.43. The van der Waals surface area contributed by atoms with Gasteiger partial charge in [-0.05, 0) is 35.2 Å². The molecule has 2 aliphatic rings. The number of benzene rings is 3. The first-order valence-electron chi connectivity index (χ1n) is 10.7. The summed E-state index contributed by atoms with van der Waals surface area (Å²) in [5.74, 6) is -1.04. The lowest BCUT2D eigenvalue weighted by atomic mass is 9.62. The van der Waals surface area contributed by atoms with Crippen molar-refractivity contribution in [1.82, 2.24) is 0 Å². The molecule has 0 spiro atoms. The number of para-hydroxylation sites is 1.